The van der Waals surface area contributed by atoms with E-state index in [9.17, 15) is 58.8 Å². The number of esters is 4. The molecule has 4 fully saturated rings. The maximum atomic E-state index is 14.6. The Kier molecular flexibility index (Phi) is 41.9. The molecule has 32 nitrogen and oxygen atoms in total. The van der Waals surface area contributed by atoms with Gasteiger partial charge in [0.05, 0.1) is 156 Å². The van der Waals surface area contributed by atoms with Gasteiger partial charge in [-0.3, -0.25) is 38.8 Å². The molecule has 8 aromatic carbocycles. The third-order valence-electron chi connectivity index (χ3n) is 28.7. The van der Waals surface area contributed by atoms with Crippen molar-refractivity contribution in [1.29, 1.82) is 0 Å². The zero-order valence-electron chi connectivity index (χ0n) is 86.3. The number of hydrogen-bond acceptors (Lipinski definition) is 32. The van der Waals surface area contributed by atoms with Crippen molar-refractivity contribution in [3.63, 3.8) is 0 Å². The Morgan fingerprint density at radius 1 is 0.262 bits per heavy atom. The van der Waals surface area contributed by atoms with E-state index in [4.69, 9.17) is 56.8 Å². The standard InChI is InChI=1S/C113H148N8O24/c1-13-110(114(5)6,101(126)85-33-41-93(42-34-85)118-49-57-134-58-50-118)65-81-17-25-89(26-18-81)105(130)142-73-97(122)69-138-77-109(78-139-70-98(123)74-143-106(131)90-27-19-82(20-28-90)66-111(14-2,115(7)8)102(127)86-35-43-94(44-36-86)119-51-59-135-60-52-119,79-140-71-99(124)75-144-107(132)91-29-21-83(22-30-91)67-112(15-3,116(9)10)103(128)87-37-45-95(46-38-87)120-53-61-136-62-54-120)80-141-72-100(125)76-145-108(133)92-31-23-84(24-32-92)68-113(16-4,117(11)12)104(129)88-39-47-96(48-40-88)121-55-63-137-64-56-121/h17-48,97-100,122-125H,13-16,49-80H2,1-12H3. The van der Waals surface area contributed by atoms with Crippen LogP contribution in [0.1, 0.15) is 158 Å². The number of carbonyl (C=O) groups excluding carboxylic acids is 8. The molecule has 0 aliphatic carbocycles. The molecule has 8 aromatic rings. The van der Waals surface area contributed by atoms with Gasteiger partial charge in [-0.25, -0.2) is 19.2 Å². The van der Waals surface area contributed by atoms with E-state index in [0.717, 1.165) is 97.4 Å². The molecule has 12 rings (SSSR count). The lowest BCUT2D eigenvalue weighted by molar-refractivity contribution is -0.137. The second-order valence-electron chi connectivity index (χ2n) is 39.1. The molecule has 0 bridgehead atoms. The highest BCUT2D eigenvalue weighted by molar-refractivity contribution is 6.06. The number of carbonyl (C=O) groups is 8. The van der Waals surface area contributed by atoms with Crippen LogP contribution in [0.15, 0.2) is 194 Å². The summed E-state index contributed by atoms with van der Waals surface area (Å²) >= 11 is 0. The third kappa shape index (κ3) is 29.7. The highest BCUT2D eigenvalue weighted by atomic mass is 16.6. The minimum absolute atomic E-state index is 0.0471. The summed E-state index contributed by atoms with van der Waals surface area (Å²) in [6, 6.07) is 57.6. The summed E-state index contributed by atoms with van der Waals surface area (Å²) in [6.07, 6.45) is -2.51. The Bertz CT molecular complexity index is 4770. The lowest BCUT2D eigenvalue weighted by Gasteiger charge is -2.38. The quantitative estimate of drug-likeness (QED) is 0.0156. The van der Waals surface area contributed by atoms with Crippen molar-refractivity contribution in [3.05, 3.63) is 261 Å². The second-order valence-corrected chi connectivity index (χ2v) is 39.1. The number of likely N-dealkylation sites (N-methyl/N-ethyl adjacent to an activating group) is 4. The first-order chi connectivity index (χ1) is 69.8. The van der Waals surface area contributed by atoms with Crippen molar-refractivity contribution in [2.45, 2.75) is 126 Å². The van der Waals surface area contributed by atoms with Crippen LogP contribution in [0.4, 0.5) is 22.7 Å². The molecule has 784 valence electrons. The van der Waals surface area contributed by atoms with Crippen LogP contribution in [0.3, 0.4) is 0 Å². The molecule has 32 heteroatoms. The minimum Gasteiger partial charge on any atom is -0.459 e. The molecule has 4 N–H and O–H groups in total. The summed E-state index contributed by atoms with van der Waals surface area (Å²) in [5.41, 5.74) is 4.95. The number of aliphatic hydroxyl groups is 4. The van der Waals surface area contributed by atoms with Gasteiger partial charge >= 0.3 is 23.9 Å². The number of nitrogens with zero attached hydrogens (tertiary/aromatic N) is 8. The van der Waals surface area contributed by atoms with Gasteiger partial charge in [0.1, 0.15) is 50.8 Å². The lowest BCUT2D eigenvalue weighted by Crippen LogP contribution is -2.52. The van der Waals surface area contributed by atoms with Crippen molar-refractivity contribution in [2.24, 2.45) is 5.41 Å². The Balaban J connectivity index is 0.724. The van der Waals surface area contributed by atoms with E-state index in [1.165, 1.54) is 0 Å². The Labute approximate surface area is 852 Å². The summed E-state index contributed by atoms with van der Waals surface area (Å²) in [7, 11) is 15.0. The van der Waals surface area contributed by atoms with Crippen LogP contribution < -0.4 is 19.6 Å². The Hall–Kier alpha value is -11.1. The van der Waals surface area contributed by atoms with Crippen LogP contribution >= 0.6 is 0 Å². The van der Waals surface area contributed by atoms with E-state index in [1.807, 2.05) is 201 Å². The molecule has 0 spiro atoms. The fraction of sp³-hybridized carbons (Fsp3) is 0.504. The number of aliphatic hydroxyl groups excluding tert-OH is 4. The molecule has 0 aromatic heterocycles. The largest absolute Gasteiger partial charge is 0.459 e. The number of ketones is 4. The topological polar surface area (TPSA) is 354 Å². The van der Waals surface area contributed by atoms with Crippen molar-refractivity contribution in [1.82, 2.24) is 19.6 Å². The van der Waals surface area contributed by atoms with E-state index in [-0.39, 0.29) is 45.4 Å². The van der Waals surface area contributed by atoms with E-state index >= 15 is 0 Å². The summed E-state index contributed by atoms with van der Waals surface area (Å²) in [5, 5.41) is 46.3. The average molecular weight is 2000 g/mol. The highest BCUT2D eigenvalue weighted by Crippen LogP contribution is 2.37. The van der Waals surface area contributed by atoms with Gasteiger partial charge < -0.3 is 96.9 Å². The van der Waals surface area contributed by atoms with Crippen LogP contribution in [0.2, 0.25) is 0 Å². The predicted molar refractivity (Wildman–Crippen MR) is 554 cm³/mol. The second kappa shape index (κ2) is 54.0. The van der Waals surface area contributed by atoms with Gasteiger partial charge in [0.25, 0.3) is 0 Å². The van der Waals surface area contributed by atoms with Gasteiger partial charge in [0.2, 0.25) is 0 Å². The Morgan fingerprint density at radius 2 is 0.428 bits per heavy atom. The van der Waals surface area contributed by atoms with E-state index in [1.54, 1.807) is 97.1 Å². The first kappa shape index (κ1) is 113. The fourth-order valence-electron chi connectivity index (χ4n) is 19.3. The molecule has 4 aliphatic rings. The molecule has 0 saturated carbocycles. The maximum absolute atomic E-state index is 14.6. The number of benzene rings is 8. The molecule has 4 aliphatic heterocycles. The SMILES string of the molecule is CCC(Cc1ccc(C(=O)OCC(O)COCC(COCC(O)COC(=O)c2ccc(CC(CC)(C(=O)c3ccc(N4CCOCC4)cc3)N(C)C)cc2)(COCC(O)COC(=O)c2ccc(CC(CC)(C(=O)c3ccc(N4CCOCC4)cc3)N(C)C)cc2)COCC(O)COC(=O)c2ccc(CC(CC)(C(=O)c3ccc(N4CCOCC4)cc3)N(C)C)cc2)cc1)(C(=O)c1ccc(N2CCOCC2)cc1)N(C)C. The van der Waals surface area contributed by atoms with E-state index in [0.29, 0.717) is 126 Å². The van der Waals surface area contributed by atoms with Crippen LogP contribution in [0, 0.1) is 5.41 Å². The van der Waals surface area contributed by atoms with Gasteiger partial charge in [-0.1, -0.05) is 76.2 Å². The van der Waals surface area contributed by atoms with Gasteiger partial charge in [0.15, 0.2) is 23.1 Å². The predicted octanol–water partition coefficient (Wildman–Crippen LogP) is 10.8. The molecule has 0 amide bonds. The van der Waals surface area contributed by atoms with Crippen LogP contribution in [0.5, 0.6) is 0 Å². The fourth-order valence-corrected chi connectivity index (χ4v) is 19.3. The van der Waals surface area contributed by atoms with Gasteiger partial charge in [-0.2, -0.15) is 0 Å². The van der Waals surface area contributed by atoms with Crippen molar-refractivity contribution in [3.8, 4) is 0 Å². The number of Topliss-reactive ketones (excluding diaryl/α,β-unsaturated/α-hetero) is 4. The highest BCUT2D eigenvalue weighted by Gasteiger charge is 2.45. The molecule has 4 heterocycles. The van der Waals surface area contributed by atoms with Gasteiger partial charge in [0, 0.05) is 97.4 Å². The molecular formula is C113H148N8O24. The molecule has 145 heavy (non-hydrogen) atoms. The summed E-state index contributed by atoms with van der Waals surface area (Å²) in [5.74, 6) is -3.21. The van der Waals surface area contributed by atoms with Gasteiger partial charge in [-0.15, -0.1) is 0 Å². The monoisotopic (exact) mass is 2000 g/mol. The van der Waals surface area contributed by atoms with Crippen LogP contribution in [0.25, 0.3) is 0 Å². The molecule has 4 saturated heterocycles. The first-order valence-electron chi connectivity index (χ1n) is 50.5. The molecular weight excluding hydrogens is 1850 g/mol. The van der Waals surface area contributed by atoms with E-state index in [2.05, 4.69) is 19.6 Å². The maximum Gasteiger partial charge on any atom is 0.338 e. The summed E-state index contributed by atoms with van der Waals surface area (Å²) < 4.78 is 69.9. The first-order valence-corrected chi connectivity index (χ1v) is 50.5. The number of morpholine rings is 4. The number of ether oxygens (including phenoxy) is 12. The number of anilines is 4. The minimum atomic E-state index is -1.51. The lowest BCUT2D eigenvalue weighted by atomic mass is 9.80. The smallest absolute Gasteiger partial charge is 0.338 e. The summed E-state index contributed by atoms with van der Waals surface area (Å²) in [4.78, 5) is 130. The van der Waals surface area contributed by atoms with Crippen LogP contribution in [-0.4, -0.2) is 374 Å². The Morgan fingerprint density at radius 3 is 0.586 bits per heavy atom. The average Bonchev–Trinajstić information content (AvgIpc) is 0.792. The van der Waals surface area contributed by atoms with Crippen LogP contribution in [-0.2, 0) is 82.5 Å². The van der Waals surface area contributed by atoms with Crippen molar-refractivity contribution < 1.29 is 116 Å². The third-order valence-corrected chi connectivity index (χ3v) is 28.7. The zero-order chi connectivity index (χ0) is 104. The normalized spacial score (nSPS) is 17.2. The summed E-state index contributed by atoms with van der Waals surface area (Å²) in [6.45, 7) is 13.4. The zero-order valence-corrected chi connectivity index (χ0v) is 86.3. The number of hydrogen-bond donors (Lipinski definition) is 4. The molecule has 0 radical (unpaired) electrons. The van der Waals surface area contributed by atoms with Crippen molar-refractivity contribution in [2.75, 3.05) is 260 Å². The van der Waals surface area contributed by atoms with E-state index < -0.39 is 155 Å². The number of rotatable bonds is 56. The molecule has 8 atom stereocenters. The van der Waals surface area contributed by atoms with Crippen molar-refractivity contribution >= 4 is 69.8 Å². The van der Waals surface area contributed by atoms with Gasteiger partial charge in [-0.05, 0) is 276 Å². The molecule has 8 unspecified atom stereocenters.